The highest BCUT2D eigenvalue weighted by Crippen LogP contribution is 2.63. The minimum atomic E-state index is -1.03. The lowest BCUT2D eigenvalue weighted by atomic mass is 9.47. The fourth-order valence-corrected chi connectivity index (χ4v) is 7.06. The zero-order valence-corrected chi connectivity index (χ0v) is 22.4. The number of nitrogens with zero attached hydrogens (tertiary/aromatic N) is 2. The van der Waals surface area contributed by atoms with Crippen LogP contribution in [0.1, 0.15) is 33.7 Å². The van der Waals surface area contributed by atoms with Crippen molar-refractivity contribution in [1.29, 1.82) is 0 Å². The summed E-state index contributed by atoms with van der Waals surface area (Å²) >= 11 is 0. The van der Waals surface area contributed by atoms with Gasteiger partial charge in [-0.2, -0.15) is 5.10 Å². The van der Waals surface area contributed by atoms with Crippen LogP contribution in [0.4, 0.5) is 5.69 Å². The average Bonchev–Trinajstić information content (AvgIpc) is 3.28. The second-order valence-electron chi connectivity index (χ2n) is 10.7. The molecule has 2 bridgehead atoms. The van der Waals surface area contributed by atoms with Crippen LogP contribution >= 0.6 is 0 Å². The van der Waals surface area contributed by atoms with Crippen LogP contribution in [0.5, 0.6) is 5.75 Å². The summed E-state index contributed by atoms with van der Waals surface area (Å²) in [7, 11) is 1.59. The maximum absolute atomic E-state index is 14.3. The minimum Gasteiger partial charge on any atom is -0.497 e. The van der Waals surface area contributed by atoms with Crippen molar-refractivity contribution in [2.75, 3.05) is 12.0 Å². The summed E-state index contributed by atoms with van der Waals surface area (Å²) in [6.45, 7) is 0. The molecule has 8 rings (SSSR count). The number of para-hydroxylation sites is 1. The number of benzene rings is 4. The lowest BCUT2D eigenvalue weighted by Gasteiger charge is -2.52. The van der Waals surface area contributed by atoms with Gasteiger partial charge in [-0.1, -0.05) is 78.9 Å². The number of methoxy groups -OCH3 is 1. The molecule has 0 unspecified atom stereocenters. The molecule has 41 heavy (non-hydrogen) atoms. The third kappa shape index (κ3) is 3.65. The van der Waals surface area contributed by atoms with E-state index in [1.807, 2.05) is 78.9 Å². The first-order chi connectivity index (χ1) is 20.0. The number of amides is 3. The predicted molar refractivity (Wildman–Crippen MR) is 155 cm³/mol. The van der Waals surface area contributed by atoms with Crippen molar-refractivity contribution in [3.8, 4) is 5.75 Å². The molecule has 4 aromatic carbocycles. The van der Waals surface area contributed by atoms with Gasteiger partial charge in [-0.25, -0.2) is 10.3 Å². The molecule has 4 aliphatic rings. The topological polar surface area (TPSA) is 88.1 Å². The molecular formula is C34H27N3O4. The van der Waals surface area contributed by atoms with Crippen LogP contribution in [-0.4, -0.2) is 31.0 Å². The standard InChI is InChI=1S/C34H27N3O4/c1-41-23-17-15-21(16-18-23)19-28(38)36-35-20-34-26-13-7-5-11-24(26)29(25-12-6-8-14-27(25)34)30-31(34)33(40)37(32(30)39)22-9-3-2-4-10-22/h2-18,20,29-31H,19H2,1H3,(H,36,38)/b35-20-/t29?,30-,31+,34?/m1/s1. The largest absolute Gasteiger partial charge is 0.497 e. The molecule has 2 atom stereocenters. The van der Waals surface area contributed by atoms with E-state index in [4.69, 9.17) is 4.74 Å². The van der Waals surface area contributed by atoms with Crippen LogP contribution in [0.2, 0.25) is 0 Å². The van der Waals surface area contributed by atoms with Crippen LogP contribution in [0.25, 0.3) is 0 Å². The highest BCUT2D eigenvalue weighted by atomic mass is 16.5. The third-order valence-electron chi connectivity index (χ3n) is 8.68. The maximum atomic E-state index is 14.3. The van der Waals surface area contributed by atoms with Crippen LogP contribution in [-0.2, 0) is 26.2 Å². The van der Waals surface area contributed by atoms with E-state index in [9.17, 15) is 14.4 Å². The van der Waals surface area contributed by atoms with Gasteiger partial charge in [0.25, 0.3) is 0 Å². The van der Waals surface area contributed by atoms with Gasteiger partial charge in [0, 0.05) is 12.1 Å². The molecular weight excluding hydrogens is 514 g/mol. The SMILES string of the molecule is COc1ccc(CC(=O)N/N=C\C23c4ccccc4C(c4ccccc42)[C@H]2C(=O)N(c4ccccc4)C(=O)[C@H]23)cc1. The Morgan fingerprint density at radius 1 is 0.854 bits per heavy atom. The highest BCUT2D eigenvalue weighted by molar-refractivity contribution is 6.25. The minimum absolute atomic E-state index is 0.134. The Labute approximate surface area is 237 Å². The maximum Gasteiger partial charge on any atom is 0.244 e. The quantitative estimate of drug-likeness (QED) is 0.220. The van der Waals surface area contributed by atoms with Crippen molar-refractivity contribution in [3.05, 3.63) is 131 Å². The van der Waals surface area contributed by atoms with E-state index in [1.165, 1.54) is 4.90 Å². The van der Waals surface area contributed by atoms with Crippen molar-refractivity contribution in [3.63, 3.8) is 0 Å². The first-order valence-corrected chi connectivity index (χ1v) is 13.6. The molecule has 1 fully saturated rings. The van der Waals surface area contributed by atoms with E-state index in [-0.39, 0.29) is 30.1 Å². The first kappa shape index (κ1) is 25.0. The number of carbonyl (C=O) groups excluding carboxylic acids is 3. The van der Waals surface area contributed by atoms with Crippen LogP contribution < -0.4 is 15.1 Å². The zero-order chi connectivity index (χ0) is 28.1. The normalized spacial score (nSPS) is 23.7. The van der Waals surface area contributed by atoms with Crippen molar-refractivity contribution in [1.82, 2.24) is 5.43 Å². The second kappa shape index (κ2) is 9.55. The Kier molecular flexibility index (Phi) is 5.82. The first-order valence-electron chi connectivity index (χ1n) is 13.6. The third-order valence-corrected chi connectivity index (χ3v) is 8.68. The monoisotopic (exact) mass is 541 g/mol. The molecule has 0 saturated carbocycles. The number of nitrogens with one attached hydrogen (secondary N) is 1. The number of ether oxygens (including phenoxy) is 1. The molecule has 0 spiro atoms. The Morgan fingerprint density at radius 3 is 2.10 bits per heavy atom. The van der Waals surface area contributed by atoms with Gasteiger partial charge < -0.3 is 4.74 Å². The van der Waals surface area contributed by atoms with Gasteiger partial charge in [0.05, 0.1) is 36.5 Å². The average molecular weight is 542 g/mol. The number of rotatable bonds is 6. The Hall–Kier alpha value is -5.04. The predicted octanol–water partition coefficient (Wildman–Crippen LogP) is 4.59. The molecule has 202 valence electrons. The number of hydrogen-bond acceptors (Lipinski definition) is 5. The summed E-state index contributed by atoms with van der Waals surface area (Å²) < 4.78 is 5.20. The van der Waals surface area contributed by atoms with Crippen molar-refractivity contribution in [2.24, 2.45) is 16.9 Å². The van der Waals surface area contributed by atoms with Gasteiger partial charge in [-0.3, -0.25) is 14.4 Å². The molecule has 3 amide bonds. The molecule has 1 saturated heterocycles. The second-order valence-corrected chi connectivity index (χ2v) is 10.7. The summed E-state index contributed by atoms with van der Waals surface area (Å²) in [6, 6.07) is 32.3. The smallest absolute Gasteiger partial charge is 0.244 e. The van der Waals surface area contributed by atoms with Gasteiger partial charge in [0.1, 0.15) is 5.75 Å². The number of imide groups is 1. The Bertz CT molecular complexity index is 1670. The van der Waals surface area contributed by atoms with E-state index in [0.29, 0.717) is 11.4 Å². The fraction of sp³-hybridized carbons (Fsp3) is 0.176. The molecule has 7 nitrogen and oxygen atoms in total. The summed E-state index contributed by atoms with van der Waals surface area (Å²) in [5.74, 6) is -1.58. The van der Waals surface area contributed by atoms with Crippen molar-refractivity contribution in [2.45, 2.75) is 17.8 Å². The van der Waals surface area contributed by atoms with Crippen LogP contribution in [0, 0.1) is 11.8 Å². The Balaban J connectivity index is 1.32. The van der Waals surface area contributed by atoms with Crippen LogP contribution in [0.15, 0.2) is 108 Å². The summed E-state index contributed by atoms with van der Waals surface area (Å²) in [6.07, 6.45) is 1.82. The molecule has 7 heteroatoms. The van der Waals surface area contributed by atoms with Gasteiger partial charge in [-0.15, -0.1) is 0 Å². The zero-order valence-electron chi connectivity index (χ0n) is 22.4. The molecule has 4 aromatic rings. The van der Waals surface area contributed by atoms with E-state index in [2.05, 4.69) is 10.5 Å². The molecule has 1 aliphatic heterocycles. The molecule has 0 radical (unpaired) electrons. The van der Waals surface area contributed by atoms with Gasteiger partial charge >= 0.3 is 0 Å². The number of hydrogen-bond donors (Lipinski definition) is 1. The van der Waals surface area contributed by atoms with Crippen molar-refractivity contribution < 1.29 is 19.1 Å². The molecule has 3 aliphatic carbocycles. The summed E-state index contributed by atoms with van der Waals surface area (Å²) in [5, 5.41) is 4.48. The van der Waals surface area contributed by atoms with Crippen LogP contribution in [0.3, 0.4) is 0 Å². The molecule has 1 N–H and O–H groups in total. The highest BCUT2D eigenvalue weighted by Gasteiger charge is 2.68. The summed E-state index contributed by atoms with van der Waals surface area (Å²) in [5.41, 5.74) is 6.94. The van der Waals surface area contributed by atoms with E-state index in [1.54, 1.807) is 37.6 Å². The number of hydrazone groups is 1. The van der Waals surface area contributed by atoms with E-state index < -0.39 is 17.3 Å². The Morgan fingerprint density at radius 2 is 1.46 bits per heavy atom. The lowest BCUT2D eigenvalue weighted by molar-refractivity contribution is -0.123. The van der Waals surface area contributed by atoms with Gasteiger partial charge in [-0.05, 0) is 52.1 Å². The van der Waals surface area contributed by atoms with E-state index >= 15 is 0 Å². The summed E-state index contributed by atoms with van der Waals surface area (Å²) in [4.78, 5) is 42.7. The fourth-order valence-electron chi connectivity index (χ4n) is 7.06. The lowest BCUT2D eigenvalue weighted by Crippen LogP contribution is -2.54. The van der Waals surface area contributed by atoms with Crippen molar-refractivity contribution >= 4 is 29.6 Å². The van der Waals surface area contributed by atoms with Gasteiger partial charge in [0.2, 0.25) is 17.7 Å². The number of carbonyl (C=O) groups is 3. The van der Waals surface area contributed by atoms with Gasteiger partial charge in [0.15, 0.2) is 0 Å². The van der Waals surface area contributed by atoms with E-state index in [0.717, 1.165) is 27.8 Å². The molecule has 1 heterocycles. The molecule has 0 aromatic heterocycles. The number of anilines is 1.